The fourth-order valence-electron chi connectivity index (χ4n) is 11.8. The second kappa shape index (κ2) is 7.36. The molecule has 0 aromatic carbocycles. The van der Waals surface area contributed by atoms with Gasteiger partial charge in [0.15, 0.2) is 0 Å². The molecule has 35 heavy (non-hydrogen) atoms. The highest BCUT2D eigenvalue weighted by atomic mass is 16.4. The van der Waals surface area contributed by atoms with Crippen LogP contribution in [0.3, 0.4) is 0 Å². The van der Waals surface area contributed by atoms with Crippen molar-refractivity contribution in [3.8, 4) is 0 Å². The molecule has 5 heteroatoms. The van der Waals surface area contributed by atoms with Crippen LogP contribution in [0, 0.1) is 62.6 Å². The fourth-order valence-corrected chi connectivity index (χ4v) is 11.8. The smallest absolute Gasteiger partial charge is 0.309 e. The van der Waals surface area contributed by atoms with Gasteiger partial charge in [0, 0.05) is 0 Å². The minimum Gasteiger partial charge on any atom is -0.481 e. The summed E-state index contributed by atoms with van der Waals surface area (Å²) in [7, 11) is 0. The summed E-state index contributed by atoms with van der Waals surface area (Å²) in [6, 6.07) is 0. The van der Waals surface area contributed by atoms with Gasteiger partial charge in [-0.25, -0.2) is 0 Å². The number of carboxylic acids is 2. The van der Waals surface area contributed by atoms with Gasteiger partial charge in [0.2, 0.25) is 0 Å². The molecule has 0 aromatic rings. The van der Waals surface area contributed by atoms with Crippen LogP contribution in [0.1, 0.15) is 92.9 Å². The minimum absolute atomic E-state index is 0.0493. The number of rotatable bonds is 3. The Labute approximate surface area is 210 Å². The maximum atomic E-state index is 12.8. The molecule has 0 heterocycles. The second-order valence-electron chi connectivity index (χ2n) is 14.6. The van der Waals surface area contributed by atoms with Crippen LogP contribution in [0.2, 0.25) is 0 Å². The highest BCUT2D eigenvalue weighted by Gasteiger charge is 2.75. The van der Waals surface area contributed by atoms with Gasteiger partial charge in [0.25, 0.3) is 0 Å². The molecule has 0 spiro atoms. The van der Waals surface area contributed by atoms with E-state index in [1.807, 2.05) is 0 Å². The third-order valence-corrected chi connectivity index (χ3v) is 13.6. The van der Waals surface area contributed by atoms with Gasteiger partial charge in [-0.1, -0.05) is 46.8 Å². The Morgan fingerprint density at radius 3 is 2.06 bits per heavy atom. The first-order valence-corrected chi connectivity index (χ1v) is 13.9. The molecule has 0 saturated heterocycles. The van der Waals surface area contributed by atoms with Crippen LogP contribution in [0.25, 0.3) is 0 Å². The molecule has 5 rings (SSSR count). The van der Waals surface area contributed by atoms with Crippen molar-refractivity contribution in [1.82, 2.24) is 0 Å². The average Bonchev–Trinajstić information content (AvgIpc) is 3.21. The number of hydrogen-bond donors (Lipinski definition) is 3. The Kier molecular flexibility index (Phi) is 5.32. The van der Waals surface area contributed by atoms with E-state index in [9.17, 15) is 24.9 Å². The number of aliphatic hydroxyl groups excluding tert-OH is 1. The van der Waals surface area contributed by atoms with Gasteiger partial charge in [0.05, 0.1) is 17.4 Å². The zero-order valence-electron chi connectivity index (χ0n) is 22.6. The van der Waals surface area contributed by atoms with Crippen molar-refractivity contribution in [2.24, 2.45) is 62.6 Å². The van der Waals surface area contributed by atoms with Crippen molar-refractivity contribution in [3.05, 3.63) is 12.2 Å². The van der Waals surface area contributed by atoms with E-state index in [0.717, 1.165) is 50.5 Å². The average molecular weight is 487 g/mol. The molecular weight excluding hydrogens is 440 g/mol. The van der Waals surface area contributed by atoms with E-state index >= 15 is 0 Å². The maximum Gasteiger partial charge on any atom is 0.309 e. The van der Waals surface area contributed by atoms with Gasteiger partial charge < -0.3 is 15.3 Å². The van der Waals surface area contributed by atoms with E-state index in [2.05, 4.69) is 48.1 Å². The Morgan fingerprint density at radius 1 is 0.829 bits per heavy atom. The van der Waals surface area contributed by atoms with Gasteiger partial charge in [-0.3, -0.25) is 9.59 Å². The van der Waals surface area contributed by atoms with Crippen LogP contribution >= 0.6 is 0 Å². The Hall–Kier alpha value is -1.36. The first-order valence-electron chi connectivity index (χ1n) is 13.9. The minimum atomic E-state index is -0.862. The van der Waals surface area contributed by atoms with Crippen molar-refractivity contribution >= 4 is 11.9 Å². The van der Waals surface area contributed by atoms with Crippen LogP contribution in [0.15, 0.2) is 12.2 Å². The van der Waals surface area contributed by atoms with Gasteiger partial charge >= 0.3 is 11.9 Å². The van der Waals surface area contributed by atoms with E-state index in [-0.39, 0.29) is 34.5 Å². The van der Waals surface area contributed by atoms with Gasteiger partial charge in [0.1, 0.15) is 0 Å². The van der Waals surface area contributed by atoms with Gasteiger partial charge in [-0.15, -0.1) is 0 Å². The number of allylic oxidation sites excluding steroid dienone is 1. The summed E-state index contributed by atoms with van der Waals surface area (Å²) in [4.78, 5) is 25.4. The molecule has 0 amide bonds. The summed E-state index contributed by atoms with van der Waals surface area (Å²) in [6.07, 6.45) is 6.24. The monoisotopic (exact) mass is 486 g/mol. The van der Waals surface area contributed by atoms with E-state index < -0.39 is 40.2 Å². The zero-order chi connectivity index (χ0) is 25.9. The molecule has 0 aromatic heterocycles. The van der Waals surface area contributed by atoms with E-state index in [1.165, 1.54) is 0 Å². The fraction of sp³-hybridized carbons (Fsp3) is 0.867. The highest BCUT2D eigenvalue weighted by Crippen LogP contribution is 2.79. The molecule has 0 radical (unpaired) electrons. The topological polar surface area (TPSA) is 94.8 Å². The molecule has 3 N–H and O–H groups in total. The zero-order valence-corrected chi connectivity index (χ0v) is 22.6. The van der Waals surface area contributed by atoms with Crippen molar-refractivity contribution in [2.45, 2.75) is 99.0 Å². The third-order valence-electron chi connectivity index (χ3n) is 13.6. The Morgan fingerprint density at radius 2 is 1.49 bits per heavy atom. The number of fused-ring (bicyclic) bond motifs is 7. The predicted molar refractivity (Wildman–Crippen MR) is 135 cm³/mol. The third kappa shape index (κ3) is 2.75. The van der Waals surface area contributed by atoms with Crippen LogP contribution < -0.4 is 0 Å². The van der Waals surface area contributed by atoms with Crippen LogP contribution in [-0.2, 0) is 9.59 Å². The molecule has 5 fully saturated rings. The molecular formula is C30H46O5. The summed E-state index contributed by atoms with van der Waals surface area (Å²) in [5, 5.41) is 32.2. The largest absolute Gasteiger partial charge is 0.481 e. The molecule has 196 valence electrons. The summed E-state index contributed by atoms with van der Waals surface area (Å²) in [5.41, 5.74) is -0.558. The van der Waals surface area contributed by atoms with Gasteiger partial charge in [-0.05, 0) is 110 Å². The molecule has 5 nitrogen and oxygen atoms in total. The number of carboxylic acid groups (broad SMARTS) is 2. The van der Waals surface area contributed by atoms with Crippen LogP contribution in [-0.4, -0.2) is 33.4 Å². The molecule has 0 bridgehead atoms. The number of aliphatic hydroxyl groups is 1. The van der Waals surface area contributed by atoms with Crippen LogP contribution in [0.4, 0.5) is 0 Å². The highest BCUT2D eigenvalue weighted by molar-refractivity contribution is 5.76. The predicted octanol–water partition coefficient (Wildman–Crippen LogP) is 6.01. The van der Waals surface area contributed by atoms with E-state index in [1.54, 1.807) is 0 Å². The quantitative estimate of drug-likeness (QED) is 0.425. The molecule has 5 aliphatic carbocycles. The summed E-state index contributed by atoms with van der Waals surface area (Å²) in [5.74, 6) is -1.21. The van der Waals surface area contributed by atoms with Crippen molar-refractivity contribution in [3.63, 3.8) is 0 Å². The SMILES string of the molecule is C=C(C)C1CC[C@]2(C(=O)O)CC[C@]3(C)C(CCC4[C@@]5(C)C(C(=O)O)C(O)C(C)(C)C5CC[C@]43C)C12. The lowest BCUT2D eigenvalue weighted by Gasteiger charge is -2.70. The first-order chi connectivity index (χ1) is 16.1. The summed E-state index contributed by atoms with van der Waals surface area (Å²) in [6.45, 7) is 17.5. The van der Waals surface area contributed by atoms with Crippen molar-refractivity contribution in [1.29, 1.82) is 0 Å². The lowest BCUT2D eigenvalue weighted by molar-refractivity contribution is -0.228. The Bertz CT molecular complexity index is 970. The maximum absolute atomic E-state index is 12.8. The second-order valence-corrected chi connectivity index (χ2v) is 14.6. The molecule has 0 aliphatic heterocycles. The lowest BCUT2D eigenvalue weighted by Crippen LogP contribution is -2.65. The molecule has 5 aliphatic rings. The summed E-state index contributed by atoms with van der Waals surface area (Å²) < 4.78 is 0. The molecule has 7 unspecified atom stereocenters. The number of aliphatic carboxylic acids is 2. The van der Waals surface area contributed by atoms with E-state index in [4.69, 9.17) is 0 Å². The van der Waals surface area contributed by atoms with Crippen molar-refractivity contribution in [2.75, 3.05) is 0 Å². The molecule has 5 saturated carbocycles. The van der Waals surface area contributed by atoms with Gasteiger partial charge in [-0.2, -0.15) is 0 Å². The molecule has 11 atom stereocenters. The number of carbonyl (C=O) groups is 2. The summed E-state index contributed by atoms with van der Waals surface area (Å²) >= 11 is 0. The lowest BCUT2D eigenvalue weighted by atomic mass is 9.34. The first kappa shape index (κ1) is 25.3. The van der Waals surface area contributed by atoms with Crippen molar-refractivity contribution < 1.29 is 24.9 Å². The van der Waals surface area contributed by atoms with Crippen LogP contribution in [0.5, 0.6) is 0 Å². The standard InChI is InChI=1S/C30H46O5/c1-16(2)17-10-13-30(25(34)35)15-14-27(5)18(21(17)30)8-9-20-28(27,6)12-11-19-26(3,4)23(31)22(24(32)33)29(19,20)7/h17-23,31H,1,8-15H2,2-7H3,(H,32,33)(H,34,35)/t17?,18?,19?,20?,21?,22?,23?,27-,28-,29+,30+/m1/s1. The number of hydrogen-bond acceptors (Lipinski definition) is 3. The van der Waals surface area contributed by atoms with E-state index in [0.29, 0.717) is 12.3 Å². The normalized spacial score (nSPS) is 54.2. The Balaban J connectivity index is 1.62.